The van der Waals surface area contributed by atoms with Gasteiger partial charge in [0.25, 0.3) is 0 Å². The first-order chi connectivity index (χ1) is 14.8. The second kappa shape index (κ2) is 26.8. The van der Waals surface area contributed by atoms with Gasteiger partial charge >= 0.3 is 0 Å². The van der Waals surface area contributed by atoms with E-state index in [9.17, 15) is 5.11 Å². The topological polar surface area (TPSA) is 75.6 Å². The molecule has 0 amide bonds. The van der Waals surface area contributed by atoms with Gasteiger partial charge in [0.1, 0.15) is 6.10 Å². The largest absolute Gasteiger partial charge is 0.388 e. The van der Waals surface area contributed by atoms with Crippen molar-refractivity contribution in [3.05, 3.63) is 0 Å². The lowest BCUT2D eigenvalue weighted by Crippen LogP contribution is -2.24. The quantitative estimate of drug-likeness (QED) is 0.208. The number of hydrogen-bond donors (Lipinski definition) is 1. The van der Waals surface area contributed by atoms with Gasteiger partial charge in [-0.2, -0.15) is 0 Å². The number of aliphatic hydroxyl groups is 1. The van der Waals surface area contributed by atoms with Crippen LogP contribution < -0.4 is 0 Å². The predicted molar refractivity (Wildman–Crippen MR) is 119 cm³/mol. The van der Waals surface area contributed by atoms with Crippen LogP contribution in [0.1, 0.15) is 65.2 Å². The fourth-order valence-corrected chi connectivity index (χ4v) is 2.63. The Kier molecular flexibility index (Phi) is 26.5. The molecule has 0 bridgehead atoms. The standard InChI is InChI=1S/C23H48O7/c1-3-5-7-9-11-25-13-15-27-17-19-29-21-23(24)22-30-20-18-28-16-14-26-12-10-8-6-4-2/h23-24H,3-22H2,1-2H3. The molecular formula is C23H48O7. The molecule has 0 saturated carbocycles. The molecular weight excluding hydrogens is 388 g/mol. The summed E-state index contributed by atoms with van der Waals surface area (Å²) in [5, 5.41) is 9.80. The van der Waals surface area contributed by atoms with E-state index < -0.39 is 6.10 Å². The highest BCUT2D eigenvalue weighted by atomic mass is 16.6. The lowest BCUT2D eigenvalue weighted by molar-refractivity contribution is -0.0470. The first kappa shape index (κ1) is 29.7. The number of unbranched alkanes of at least 4 members (excludes halogenated alkanes) is 6. The average Bonchev–Trinajstić information content (AvgIpc) is 2.75. The molecule has 0 fully saturated rings. The average molecular weight is 437 g/mol. The first-order valence-corrected chi connectivity index (χ1v) is 12.0. The SMILES string of the molecule is CCCCCCOCCOCCOCC(O)COCCOCCOCCCCCC. The molecule has 0 heterocycles. The Balaban J connectivity index is 3.13. The van der Waals surface area contributed by atoms with Crippen molar-refractivity contribution in [1.82, 2.24) is 0 Å². The Morgan fingerprint density at radius 2 is 0.767 bits per heavy atom. The van der Waals surface area contributed by atoms with E-state index >= 15 is 0 Å². The van der Waals surface area contributed by atoms with Crippen LogP contribution in [0.15, 0.2) is 0 Å². The van der Waals surface area contributed by atoms with Gasteiger partial charge in [0.15, 0.2) is 0 Å². The first-order valence-electron chi connectivity index (χ1n) is 12.0. The van der Waals surface area contributed by atoms with Gasteiger partial charge in [-0.25, -0.2) is 0 Å². The Hall–Kier alpha value is -0.280. The van der Waals surface area contributed by atoms with Gasteiger partial charge in [-0.1, -0.05) is 52.4 Å². The van der Waals surface area contributed by atoms with Crippen LogP contribution in [-0.2, 0) is 28.4 Å². The molecule has 0 aromatic rings. The van der Waals surface area contributed by atoms with E-state index in [0.29, 0.717) is 52.9 Å². The van der Waals surface area contributed by atoms with Gasteiger partial charge in [-0.15, -0.1) is 0 Å². The number of ether oxygens (including phenoxy) is 6. The van der Waals surface area contributed by atoms with Gasteiger partial charge in [0.2, 0.25) is 0 Å². The molecule has 0 saturated heterocycles. The monoisotopic (exact) mass is 436 g/mol. The Bertz CT molecular complexity index is 277. The molecule has 0 aliphatic heterocycles. The summed E-state index contributed by atoms with van der Waals surface area (Å²) in [4.78, 5) is 0. The highest BCUT2D eigenvalue weighted by Crippen LogP contribution is 1.99. The molecule has 0 unspecified atom stereocenters. The van der Waals surface area contributed by atoms with E-state index in [0.717, 1.165) is 26.1 Å². The van der Waals surface area contributed by atoms with Crippen LogP contribution in [-0.4, -0.2) is 90.5 Å². The normalized spacial score (nSPS) is 11.6. The zero-order chi connectivity index (χ0) is 22.0. The van der Waals surface area contributed by atoms with Crippen molar-refractivity contribution >= 4 is 0 Å². The molecule has 7 heteroatoms. The maximum absolute atomic E-state index is 9.80. The molecule has 1 N–H and O–H groups in total. The summed E-state index contributed by atoms with van der Waals surface area (Å²) in [5.74, 6) is 0. The summed E-state index contributed by atoms with van der Waals surface area (Å²) < 4.78 is 32.6. The summed E-state index contributed by atoms with van der Waals surface area (Å²) in [6.07, 6.45) is 9.11. The third kappa shape index (κ3) is 25.8. The van der Waals surface area contributed by atoms with Crippen molar-refractivity contribution in [1.29, 1.82) is 0 Å². The number of hydrogen-bond acceptors (Lipinski definition) is 7. The summed E-state index contributed by atoms with van der Waals surface area (Å²) in [5.41, 5.74) is 0. The van der Waals surface area contributed by atoms with Crippen LogP contribution >= 0.6 is 0 Å². The predicted octanol–water partition coefficient (Wildman–Crippen LogP) is 3.61. The van der Waals surface area contributed by atoms with Crippen molar-refractivity contribution in [3.8, 4) is 0 Å². The van der Waals surface area contributed by atoms with Gasteiger partial charge in [-0.05, 0) is 12.8 Å². The summed E-state index contributed by atoms with van der Waals surface area (Å²) >= 11 is 0. The highest BCUT2D eigenvalue weighted by Gasteiger charge is 2.04. The van der Waals surface area contributed by atoms with Gasteiger partial charge in [-0.3, -0.25) is 0 Å². The second-order valence-electron chi connectivity index (χ2n) is 7.37. The molecule has 0 radical (unpaired) electrons. The van der Waals surface area contributed by atoms with Crippen molar-refractivity contribution in [2.75, 3.05) is 79.3 Å². The van der Waals surface area contributed by atoms with E-state index in [-0.39, 0.29) is 13.2 Å². The third-order valence-corrected chi connectivity index (χ3v) is 4.39. The van der Waals surface area contributed by atoms with Crippen LogP contribution in [0, 0.1) is 0 Å². The van der Waals surface area contributed by atoms with Gasteiger partial charge in [0, 0.05) is 13.2 Å². The Morgan fingerprint density at radius 3 is 1.13 bits per heavy atom. The summed E-state index contributed by atoms with van der Waals surface area (Å²) in [7, 11) is 0. The Morgan fingerprint density at radius 1 is 0.433 bits per heavy atom. The third-order valence-electron chi connectivity index (χ3n) is 4.39. The molecule has 0 rings (SSSR count). The summed E-state index contributed by atoms with van der Waals surface area (Å²) in [6.45, 7) is 10.8. The van der Waals surface area contributed by atoms with E-state index in [2.05, 4.69) is 13.8 Å². The molecule has 0 spiro atoms. The zero-order valence-electron chi connectivity index (χ0n) is 19.6. The number of rotatable bonds is 26. The van der Waals surface area contributed by atoms with Gasteiger partial charge in [0.05, 0.1) is 66.1 Å². The summed E-state index contributed by atoms with van der Waals surface area (Å²) in [6, 6.07) is 0. The smallest absolute Gasteiger partial charge is 0.101 e. The van der Waals surface area contributed by atoms with E-state index in [1.807, 2.05) is 0 Å². The lowest BCUT2D eigenvalue weighted by atomic mass is 10.2. The Labute approximate surface area is 184 Å². The van der Waals surface area contributed by atoms with Crippen LogP contribution in [0.3, 0.4) is 0 Å². The fourth-order valence-electron chi connectivity index (χ4n) is 2.63. The molecule has 0 aromatic heterocycles. The minimum atomic E-state index is -0.636. The molecule has 0 atom stereocenters. The second-order valence-corrected chi connectivity index (χ2v) is 7.37. The van der Waals surface area contributed by atoms with Crippen molar-refractivity contribution in [3.63, 3.8) is 0 Å². The van der Waals surface area contributed by atoms with Crippen LogP contribution in [0.5, 0.6) is 0 Å². The minimum absolute atomic E-state index is 0.240. The molecule has 0 aliphatic carbocycles. The molecule has 0 aliphatic rings. The maximum Gasteiger partial charge on any atom is 0.101 e. The van der Waals surface area contributed by atoms with Crippen molar-refractivity contribution in [2.24, 2.45) is 0 Å². The van der Waals surface area contributed by atoms with Crippen LogP contribution in [0.2, 0.25) is 0 Å². The van der Waals surface area contributed by atoms with E-state index in [1.165, 1.54) is 38.5 Å². The fraction of sp³-hybridized carbons (Fsp3) is 1.00. The molecule has 0 aromatic carbocycles. The maximum atomic E-state index is 9.80. The number of aliphatic hydroxyl groups excluding tert-OH is 1. The van der Waals surface area contributed by atoms with Crippen molar-refractivity contribution in [2.45, 2.75) is 71.3 Å². The van der Waals surface area contributed by atoms with E-state index in [4.69, 9.17) is 28.4 Å². The van der Waals surface area contributed by atoms with Crippen LogP contribution in [0.25, 0.3) is 0 Å². The van der Waals surface area contributed by atoms with Crippen LogP contribution in [0.4, 0.5) is 0 Å². The molecule has 182 valence electrons. The zero-order valence-corrected chi connectivity index (χ0v) is 19.6. The minimum Gasteiger partial charge on any atom is -0.388 e. The molecule has 7 nitrogen and oxygen atoms in total. The lowest BCUT2D eigenvalue weighted by Gasteiger charge is -2.12. The van der Waals surface area contributed by atoms with E-state index in [1.54, 1.807) is 0 Å². The van der Waals surface area contributed by atoms with Gasteiger partial charge < -0.3 is 33.5 Å². The van der Waals surface area contributed by atoms with Crippen molar-refractivity contribution < 1.29 is 33.5 Å². The highest BCUT2D eigenvalue weighted by molar-refractivity contribution is 4.51. The molecule has 30 heavy (non-hydrogen) atoms.